The quantitative estimate of drug-likeness (QED) is 0.608. The lowest BCUT2D eigenvalue weighted by atomic mass is 9.94. The summed E-state index contributed by atoms with van der Waals surface area (Å²) in [7, 11) is 1.54. The zero-order valence-electron chi connectivity index (χ0n) is 15.3. The van der Waals surface area contributed by atoms with Crippen LogP contribution in [0.15, 0.2) is 65.9 Å². The molecule has 6 nitrogen and oxygen atoms in total. The number of rotatable bonds is 6. The van der Waals surface area contributed by atoms with Crippen LogP contribution in [0.3, 0.4) is 0 Å². The minimum absolute atomic E-state index is 0.153. The fourth-order valence-electron chi connectivity index (χ4n) is 3.01. The number of methoxy groups -OCH3 is 1. The topological polar surface area (TPSA) is 76.7 Å². The molecule has 0 saturated carbocycles. The number of hydrogen-bond acceptors (Lipinski definition) is 4. The molecule has 2 aromatic carbocycles. The molecule has 2 amide bonds. The standard InChI is InChI=1S/C21H22N2O4/c1-14-18(20(24)27-13-12-26-2)19(23-21(25)22-14)17-10-8-16(9-11-17)15-6-4-3-5-7-15/h3-11,19H,12-13H2,1-2H3,(H2,22,23,25)/t19-/m0/s1. The lowest BCUT2D eigenvalue weighted by Crippen LogP contribution is -2.45. The van der Waals surface area contributed by atoms with Gasteiger partial charge in [0.1, 0.15) is 6.61 Å². The number of carbonyl (C=O) groups is 2. The first-order valence-corrected chi connectivity index (χ1v) is 8.70. The van der Waals surface area contributed by atoms with E-state index in [4.69, 9.17) is 9.47 Å². The monoisotopic (exact) mass is 366 g/mol. The smallest absolute Gasteiger partial charge is 0.338 e. The highest BCUT2D eigenvalue weighted by Gasteiger charge is 2.32. The normalized spacial score (nSPS) is 16.5. The van der Waals surface area contributed by atoms with Crippen LogP contribution in [0.4, 0.5) is 4.79 Å². The van der Waals surface area contributed by atoms with Crippen molar-refractivity contribution in [1.82, 2.24) is 10.6 Å². The van der Waals surface area contributed by atoms with E-state index >= 15 is 0 Å². The second kappa shape index (κ2) is 8.51. The van der Waals surface area contributed by atoms with Crippen LogP contribution in [0, 0.1) is 0 Å². The molecule has 0 spiro atoms. The molecule has 27 heavy (non-hydrogen) atoms. The van der Waals surface area contributed by atoms with Crippen molar-refractivity contribution >= 4 is 12.0 Å². The average Bonchev–Trinajstić information content (AvgIpc) is 2.68. The minimum Gasteiger partial charge on any atom is -0.460 e. The first-order chi connectivity index (χ1) is 13.1. The Bertz CT molecular complexity index is 844. The Morgan fingerprint density at radius 1 is 1.00 bits per heavy atom. The summed E-state index contributed by atoms with van der Waals surface area (Å²) in [5.41, 5.74) is 3.84. The maximum Gasteiger partial charge on any atom is 0.338 e. The third kappa shape index (κ3) is 4.35. The molecule has 2 aromatic rings. The van der Waals surface area contributed by atoms with E-state index in [2.05, 4.69) is 10.6 Å². The minimum atomic E-state index is -0.571. The van der Waals surface area contributed by atoms with E-state index in [-0.39, 0.29) is 12.6 Å². The molecule has 0 aliphatic carbocycles. The van der Waals surface area contributed by atoms with Gasteiger partial charge < -0.3 is 20.1 Å². The predicted octanol–water partition coefficient (Wildman–Crippen LogP) is 3.17. The molecule has 1 aliphatic heterocycles. The maximum absolute atomic E-state index is 12.5. The summed E-state index contributed by atoms with van der Waals surface area (Å²) in [6.07, 6.45) is 0. The molecule has 0 fully saturated rings. The van der Waals surface area contributed by atoms with E-state index < -0.39 is 12.0 Å². The molecule has 1 aliphatic rings. The first-order valence-electron chi connectivity index (χ1n) is 8.70. The molecule has 1 atom stereocenters. The van der Waals surface area contributed by atoms with E-state index in [0.717, 1.165) is 16.7 Å². The van der Waals surface area contributed by atoms with Gasteiger partial charge in [-0.15, -0.1) is 0 Å². The zero-order valence-corrected chi connectivity index (χ0v) is 15.3. The molecular formula is C21H22N2O4. The van der Waals surface area contributed by atoms with Gasteiger partial charge in [-0.1, -0.05) is 54.6 Å². The molecule has 0 aromatic heterocycles. The number of benzene rings is 2. The van der Waals surface area contributed by atoms with Gasteiger partial charge in [-0.3, -0.25) is 0 Å². The molecule has 140 valence electrons. The van der Waals surface area contributed by atoms with Crippen molar-refractivity contribution in [3.63, 3.8) is 0 Å². The third-order valence-electron chi connectivity index (χ3n) is 4.36. The Labute approximate surface area is 158 Å². The number of amides is 2. The molecule has 2 N–H and O–H groups in total. The Balaban J connectivity index is 1.87. The summed E-state index contributed by atoms with van der Waals surface area (Å²) in [4.78, 5) is 24.5. The summed E-state index contributed by atoms with van der Waals surface area (Å²) in [6, 6.07) is 16.8. The van der Waals surface area contributed by atoms with E-state index in [1.54, 1.807) is 6.92 Å². The third-order valence-corrected chi connectivity index (χ3v) is 4.36. The highest BCUT2D eigenvalue weighted by Crippen LogP contribution is 2.29. The molecule has 0 saturated heterocycles. The van der Waals surface area contributed by atoms with Crippen LogP contribution in [0.5, 0.6) is 0 Å². The Morgan fingerprint density at radius 3 is 2.33 bits per heavy atom. The van der Waals surface area contributed by atoms with Gasteiger partial charge in [-0.2, -0.15) is 0 Å². The maximum atomic E-state index is 12.5. The van der Waals surface area contributed by atoms with E-state index in [9.17, 15) is 9.59 Å². The van der Waals surface area contributed by atoms with Crippen molar-refractivity contribution < 1.29 is 19.1 Å². The van der Waals surface area contributed by atoms with Crippen molar-refractivity contribution in [2.24, 2.45) is 0 Å². The summed E-state index contributed by atoms with van der Waals surface area (Å²) in [5.74, 6) is -0.478. The highest BCUT2D eigenvalue weighted by molar-refractivity contribution is 5.95. The number of carbonyl (C=O) groups excluding carboxylic acids is 2. The Hall–Kier alpha value is -3.12. The van der Waals surface area contributed by atoms with Crippen LogP contribution in [0.25, 0.3) is 11.1 Å². The number of esters is 1. The number of allylic oxidation sites excluding steroid dienone is 1. The molecule has 6 heteroatoms. The fraction of sp³-hybridized carbons (Fsp3) is 0.238. The van der Waals surface area contributed by atoms with Crippen LogP contribution in [-0.4, -0.2) is 32.3 Å². The fourth-order valence-corrected chi connectivity index (χ4v) is 3.01. The van der Waals surface area contributed by atoms with Crippen molar-refractivity contribution in [3.05, 3.63) is 71.4 Å². The number of ether oxygens (including phenoxy) is 2. The lowest BCUT2D eigenvalue weighted by molar-refractivity contribution is -0.140. The van der Waals surface area contributed by atoms with Gasteiger partial charge in [0, 0.05) is 12.8 Å². The second-order valence-corrected chi connectivity index (χ2v) is 6.19. The van der Waals surface area contributed by atoms with Crippen LogP contribution in [0.1, 0.15) is 18.5 Å². The summed E-state index contributed by atoms with van der Waals surface area (Å²) < 4.78 is 10.2. The summed E-state index contributed by atoms with van der Waals surface area (Å²) in [5, 5.41) is 5.44. The van der Waals surface area contributed by atoms with E-state index in [1.807, 2.05) is 54.6 Å². The van der Waals surface area contributed by atoms with Gasteiger partial charge in [-0.25, -0.2) is 9.59 Å². The van der Waals surface area contributed by atoms with Crippen LogP contribution in [0.2, 0.25) is 0 Å². The highest BCUT2D eigenvalue weighted by atomic mass is 16.6. The number of urea groups is 1. The van der Waals surface area contributed by atoms with Gasteiger partial charge in [-0.05, 0) is 23.6 Å². The van der Waals surface area contributed by atoms with Crippen LogP contribution < -0.4 is 10.6 Å². The predicted molar refractivity (Wildman–Crippen MR) is 102 cm³/mol. The van der Waals surface area contributed by atoms with Gasteiger partial charge in [0.2, 0.25) is 0 Å². The average molecular weight is 366 g/mol. The molecule has 0 radical (unpaired) electrons. The van der Waals surface area contributed by atoms with Crippen molar-refractivity contribution in [2.75, 3.05) is 20.3 Å². The number of nitrogens with one attached hydrogen (secondary N) is 2. The Morgan fingerprint density at radius 2 is 1.67 bits per heavy atom. The molecular weight excluding hydrogens is 344 g/mol. The molecule has 0 unspecified atom stereocenters. The first kappa shape index (κ1) is 18.7. The van der Waals surface area contributed by atoms with Gasteiger partial charge in [0.15, 0.2) is 0 Å². The zero-order chi connectivity index (χ0) is 19.2. The Kier molecular flexibility index (Phi) is 5.88. The number of hydrogen-bond donors (Lipinski definition) is 2. The van der Waals surface area contributed by atoms with Crippen LogP contribution >= 0.6 is 0 Å². The van der Waals surface area contributed by atoms with Crippen molar-refractivity contribution in [3.8, 4) is 11.1 Å². The summed E-state index contributed by atoms with van der Waals surface area (Å²) >= 11 is 0. The van der Waals surface area contributed by atoms with Crippen molar-refractivity contribution in [2.45, 2.75) is 13.0 Å². The SMILES string of the molecule is COCCOC(=O)C1=C(C)NC(=O)N[C@H]1c1ccc(-c2ccccc2)cc1. The molecule has 0 bridgehead atoms. The van der Waals surface area contributed by atoms with Gasteiger partial charge in [0.05, 0.1) is 18.2 Å². The summed E-state index contributed by atoms with van der Waals surface area (Å²) in [6.45, 7) is 2.16. The van der Waals surface area contributed by atoms with Crippen molar-refractivity contribution in [1.29, 1.82) is 0 Å². The largest absolute Gasteiger partial charge is 0.460 e. The lowest BCUT2D eigenvalue weighted by Gasteiger charge is -2.28. The molecule has 1 heterocycles. The van der Waals surface area contributed by atoms with Gasteiger partial charge >= 0.3 is 12.0 Å². The van der Waals surface area contributed by atoms with Crippen LogP contribution in [-0.2, 0) is 14.3 Å². The molecule has 3 rings (SSSR count). The van der Waals surface area contributed by atoms with E-state index in [1.165, 1.54) is 7.11 Å². The van der Waals surface area contributed by atoms with E-state index in [0.29, 0.717) is 17.9 Å². The second-order valence-electron chi connectivity index (χ2n) is 6.19. The van der Waals surface area contributed by atoms with Gasteiger partial charge in [0.25, 0.3) is 0 Å².